The fraction of sp³-hybridized carbons (Fsp3) is 0.409. The number of hydrogen-bond donors (Lipinski definition) is 1. The highest BCUT2D eigenvalue weighted by atomic mass is 16.3. The van der Waals surface area contributed by atoms with Crippen LogP contribution in [0.25, 0.3) is 11.0 Å². The molecule has 0 aliphatic carbocycles. The standard InChI is InChI=1S/C22H27N5O3/c1-3-21(28)26-11-9-25(10-12-26)15-20-24-17-14-16(7-8-18(17)27(20)4-2)23-22(29)19-6-5-13-30-19/h5-8,13-14H,3-4,9-12,15H2,1-2H3,(H,23,29). The smallest absolute Gasteiger partial charge is 0.291 e. The van der Waals surface area contributed by atoms with Crippen molar-refractivity contribution in [1.82, 2.24) is 19.4 Å². The summed E-state index contributed by atoms with van der Waals surface area (Å²) in [5.74, 6) is 1.21. The van der Waals surface area contributed by atoms with Gasteiger partial charge in [-0.15, -0.1) is 0 Å². The number of furan rings is 1. The van der Waals surface area contributed by atoms with Crippen LogP contribution in [0.2, 0.25) is 0 Å². The highest BCUT2D eigenvalue weighted by Crippen LogP contribution is 2.22. The number of nitrogens with zero attached hydrogens (tertiary/aromatic N) is 4. The van der Waals surface area contributed by atoms with Crippen LogP contribution < -0.4 is 5.32 Å². The zero-order valence-electron chi connectivity index (χ0n) is 17.4. The maximum atomic E-state index is 12.2. The summed E-state index contributed by atoms with van der Waals surface area (Å²) in [4.78, 5) is 33.2. The number of rotatable bonds is 6. The second kappa shape index (κ2) is 8.71. The quantitative estimate of drug-likeness (QED) is 0.677. The molecule has 1 aliphatic rings. The fourth-order valence-electron chi connectivity index (χ4n) is 3.91. The van der Waals surface area contributed by atoms with Crippen molar-refractivity contribution in [3.63, 3.8) is 0 Å². The van der Waals surface area contributed by atoms with Crippen LogP contribution in [0.15, 0.2) is 41.0 Å². The summed E-state index contributed by atoms with van der Waals surface area (Å²) >= 11 is 0. The van der Waals surface area contributed by atoms with Gasteiger partial charge in [-0.1, -0.05) is 6.92 Å². The minimum absolute atomic E-state index is 0.222. The van der Waals surface area contributed by atoms with Crippen molar-refractivity contribution in [3.05, 3.63) is 48.2 Å². The summed E-state index contributed by atoms with van der Waals surface area (Å²) in [6, 6.07) is 9.08. The van der Waals surface area contributed by atoms with Gasteiger partial charge in [0.05, 0.1) is 23.8 Å². The number of carbonyl (C=O) groups is 2. The second-order valence-corrected chi connectivity index (χ2v) is 7.42. The van der Waals surface area contributed by atoms with Crippen LogP contribution in [-0.4, -0.2) is 57.3 Å². The largest absolute Gasteiger partial charge is 0.459 e. The molecule has 0 radical (unpaired) electrons. The average Bonchev–Trinajstić information content (AvgIpc) is 3.41. The van der Waals surface area contributed by atoms with Crippen LogP contribution in [0.1, 0.15) is 36.6 Å². The van der Waals surface area contributed by atoms with Crippen LogP contribution in [0, 0.1) is 0 Å². The zero-order valence-corrected chi connectivity index (χ0v) is 17.4. The molecular formula is C22H27N5O3. The molecule has 1 aliphatic heterocycles. The Morgan fingerprint density at radius 3 is 2.60 bits per heavy atom. The number of hydrogen-bond acceptors (Lipinski definition) is 5. The first-order valence-corrected chi connectivity index (χ1v) is 10.4. The van der Waals surface area contributed by atoms with Crippen LogP contribution in [0.4, 0.5) is 5.69 Å². The average molecular weight is 409 g/mol. The maximum absolute atomic E-state index is 12.2. The number of imidazole rings is 1. The van der Waals surface area contributed by atoms with Gasteiger partial charge in [0, 0.05) is 44.8 Å². The van der Waals surface area contributed by atoms with Crippen molar-refractivity contribution in [2.24, 2.45) is 0 Å². The van der Waals surface area contributed by atoms with Gasteiger partial charge in [-0.2, -0.15) is 0 Å². The van der Waals surface area contributed by atoms with Gasteiger partial charge in [0.15, 0.2) is 5.76 Å². The van der Waals surface area contributed by atoms with E-state index in [0.717, 1.165) is 56.1 Å². The van der Waals surface area contributed by atoms with Crippen molar-refractivity contribution < 1.29 is 14.0 Å². The lowest BCUT2D eigenvalue weighted by atomic mass is 10.2. The van der Waals surface area contributed by atoms with E-state index in [1.807, 2.05) is 30.0 Å². The van der Waals surface area contributed by atoms with Crippen LogP contribution in [0.5, 0.6) is 0 Å². The molecule has 2 aromatic heterocycles. The molecule has 0 bridgehead atoms. The molecule has 3 aromatic rings. The number of aromatic nitrogens is 2. The summed E-state index contributed by atoms with van der Waals surface area (Å²) < 4.78 is 7.35. The van der Waals surface area contributed by atoms with Crippen molar-refractivity contribution in [1.29, 1.82) is 0 Å². The molecule has 8 nitrogen and oxygen atoms in total. The first-order valence-electron chi connectivity index (χ1n) is 10.4. The third kappa shape index (κ3) is 4.09. The molecule has 3 heterocycles. The molecule has 1 saturated heterocycles. The van der Waals surface area contributed by atoms with Crippen LogP contribution in [0.3, 0.4) is 0 Å². The summed E-state index contributed by atoms with van der Waals surface area (Å²) in [6.07, 6.45) is 2.04. The van der Waals surface area contributed by atoms with E-state index in [-0.39, 0.29) is 17.6 Å². The second-order valence-electron chi connectivity index (χ2n) is 7.42. The molecule has 4 rings (SSSR count). The lowest BCUT2D eigenvalue weighted by molar-refractivity contribution is -0.132. The van der Waals surface area contributed by atoms with Crippen molar-refractivity contribution in [2.45, 2.75) is 33.4 Å². The number of amides is 2. The summed E-state index contributed by atoms with van der Waals surface area (Å²) in [6.45, 7) is 8.80. The Labute approximate surface area is 175 Å². The monoisotopic (exact) mass is 409 g/mol. The lowest BCUT2D eigenvalue weighted by Crippen LogP contribution is -2.48. The molecule has 1 fully saturated rings. The van der Waals surface area contributed by atoms with Gasteiger partial charge in [0.1, 0.15) is 5.82 Å². The Bertz CT molecular complexity index is 1030. The maximum Gasteiger partial charge on any atom is 0.291 e. The van der Waals surface area contributed by atoms with Crippen molar-refractivity contribution in [3.8, 4) is 0 Å². The number of nitrogens with one attached hydrogen (secondary N) is 1. The third-order valence-electron chi connectivity index (χ3n) is 5.54. The van der Waals surface area contributed by atoms with Crippen molar-refractivity contribution >= 4 is 28.5 Å². The molecule has 0 saturated carbocycles. The molecule has 8 heteroatoms. The fourth-order valence-corrected chi connectivity index (χ4v) is 3.91. The Morgan fingerprint density at radius 2 is 1.93 bits per heavy atom. The molecule has 2 amide bonds. The highest BCUT2D eigenvalue weighted by molar-refractivity contribution is 6.03. The van der Waals surface area contributed by atoms with Gasteiger partial charge in [-0.25, -0.2) is 4.98 Å². The Hall–Kier alpha value is -3.13. The molecular weight excluding hydrogens is 382 g/mol. The van der Waals surface area contributed by atoms with Gasteiger partial charge >= 0.3 is 0 Å². The normalized spacial score (nSPS) is 14.9. The Balaban J connectivity index is 1.48. The van der Waals surface area contributed by atoms with Crippen molar-refractivity contribution in [2.75, 3.05) is 31.5 Å². The molecule has 30 heavy (non-hydrogen) atoms. The SMILES string of the molecule is CCC(=O)N1CCN(Cc2nc3cc(NC(=O)c4ccco4)ccc3n2CC)CC1. The number of fused-ring (bicyclic) bond motifs is 1. The van der Waals surface area contributed by atoms with Gasteiger partial charge in [0.2, 0.25) is 5.91 Å². The first-order chi connectivity index (χ1) is 14.6. The molecule has 0 unspecified atom stereocenters. The Kier molecular flexibility index (Phi) is 5.85. The van der Waals surface area contributed by atoms with E-state index in [9.17, 15) is 9.59 Å². The van der Waals surface area contributed by atoms with Crippen LogP contribution >= 0.6 is 0 Å². The molecule has 0 spiro atoms. The Morgan fingerprint density at radius 1 is 1.13 bits per heavy atom. The van der Waals surface area contributed by atoms with Gasteiger partial charge in [-0.05, 0) is 37.3 Å². The summed E-state index contributed by atoms with van der Waals surface area (Å²) in [5.41, 5.74) is 2.58. The molecule has 1 aromatic carbocycles. The predicted molar refractivity (Wildman–Crippen MR) is 114 cm³/mol. The molecule has 0 atom stereocenters. The number of carbonyl (C=O) groups excluding carboxylic acids is 2. The first kappa shape index (κ1) is 20.2. The zero-order chi connectivity index (χ0) is 21.1. The van der Waals surface area contributed by atoms with E-state index in [1.165, 1.54) is 6.26 Å². The van der Waals surface area contributed by atoms with Gasteiger partial charge in [-0.3, -0.25) is 14.5 Å². The van der Waals surface area contributed by atoms with Gasteiger partial charge in [0.25, 0.3) is 5.91 Å². The number of benzene rings is 1. The minimum Gasteiger partial charge on any atom is -0.459 e. The van der Waals surface area contributed by atoms with Gasteiger partial charge < -0.3 is 19.2 Å². The van der Waals surface area contributed by atoms with Crippen LogP contribution in [-0.2, 0) is 17.9 Å². The lowest BCUT2D eigenvalue weighted by Gasteiger charge is -2.34. The van der Waals surface area contributed by atoms with E-state index in [1.54, 1.807) is 12.1 Å². The molecule has 158 valence electrons. The van der Waals surface area contributed by atoms with E-state index in [2.05, 4.69) is 21.7 Å². The minimum atomic E-state index is -0.283. The number of anilines is 1. The summed E-state index contributed by atoms with van der Waals surface area (Å²) in [7, 11) is 0. The number of piperazine rings is 1. The number of aryl methyl sites for hydroxylation is 1. The third-order valence-corrected chi connectivity index (χ3v) is 5.54. The molecule has 1 N–H and O–H groups in total. The van der Waals surface area contributed by atoms with E-state index < -0.39 is 0 Å². The topological polar surface area (TPSA) is 83.6 Å². The predicted octanol–water partition coefficient (Wildman–Crippen LogP) is 2.96. The van der Waals surface area contributed by atoms with E-state index >= 15 is 0 Å². The van der Waals surface area contributed by atoms with E-state index in [4.69, 9.17) is 9.40 Å². The summed E-state index contributed by atoms with van der Waals surface area (Å²) in [5, 5.41) is 2.86. The highest BCUT2D eigenvalue weighted by Gasteiger charge is 2.22. The van der Waals surface area contributed by atoms with E-state index in [0.29, 0.717) is 12.1 Å².